The van der Waals surface area contributed by atoms with Gasteiger partial charge in [-0.25, -0.2) is 0 Å². The summed E-state index contributed by atoms with van der Waals surface area (Å²) in [5.74, 6) is 0.405. The van der Waals surface area contributed by atoms with Crippen LogP contribution in [0.3, 0.4) is 0 Å². The average Bonchev–Trinajstić information content (AvgIpc) is 2.46. The maximum absolute atomic E-state index is 12.3. The monoisotopic (exact) mass is 339 g/mol. The summed E-state index contributed by atoms with van der Waals surface area (Å²) in [5, 5.41) is 3.67. The van der Waals surface area contributed by atoms with Crippen LogP contribution in [0.25, 0.3) is 0 Å². The van der Waals surface area contributed by atoms with Crippen LogP contribution in [0.4, 0.5) is 5.69 Å². The maximum atomic E-state index is 12.3. The minimum absolute atomic E-state index is 0.265. The molecule has 0 aliphatic heterocycles. The summed E-state index contributed by atoms with van der Waals surface area (Å²) < 4.78 is 10.3. The van der Waals surface area contributed by atoms with Crippen LogP contribution in [0.2, 0.25) is 10.0 Å². The first-order valence-corrected chi connectivity index (χ1v) is 7.22. The summed E-state index contributed by atoms with van der Waals surface area (Å²) in [6.45, 7) is 0.354. The molecule has 116 valence electrons. The van der Waals surface area contributed by atoms with Gasteiger partial charge in [0.1, 0.15) is 5.75 Å². The third kappa shape index (κ3) is 4.13. The lowest BCUT2D eigenvalue weighted by atomic mass is 10.1. The zero-order valence-electron chi connectivity index (χ0n) is 12.2. The van der Waals surface area contributed by atoms with E-state index >= 15 is 0 Å². The Labute approximate surface area is 138 Å². The Bertz CT molecular complexity index is 669. The van der Waals surface area contributed by atoms with E-state index in [0.717, 1.165) is 5.56 Å². The van der Waals surface area contributed by atoms with Gasteiger partial charge in [0.15, 0.2) is 0 Å². The van der Waals surface area contributed by atoms with Crippen molar-refractivity contribution in [2.75, 3.05) is 19.5 Å². The Morgan fingerprint density at radius 2 is 1.77 bits per heavy atom. The Morgan fingerprint density at radius 1 is 1.09 bits per heavy atom. The third-order valence-corrected chi connectivity index (χ3v) is 3.40. The molecule has 0 aliphatic rings. The molecular weight excluding hydrogens is 325 g/mol. The maximum Gasteiger partial charge on any atom is 0.255 e. The predicted octanol–water partition coefficient (Wildman–Crippen LogP) is 4.40. The lowest BCUT2D eigenvalue weighted by molar-refractivity contribution is 0.102. The van der Waals surface area contributed by atoms with Crippen LogP contribution in [-0.4, -0.2) is 20.1 Å². The molecule has 0 aliphatic carbocycles. The van der Waals surface area contributed by atoms with Crippen molar-refractivity contribution >= 4 is 34.8 Å². The minimum atomic E-state index is -0.265. The standard InChI is InChI=1S/C16H15Cl2NO3/c1-21-9-11-5-10(3-4-15(11)22-2)16(20)19-14-7-12(17)6-13(18)8-14/h3-8H,9H2,1-2H3,(H,19,20). The Kier molecular flexibility index (Phi) is 5.66. The van der Waals surface area contributed by atoms with E-state index in [0.29, 0.717) is 33.7 Å². The number of halogens is 2. The number of carbonyl (C=O) groups is 1. The highest BCUT2D eigenvalue weighted by atomic mass is 35.5. The fourth-order valence-corrected chi connectivity index (χ4v) is 2.54. The number of anilines is 1. The van der Waals surface area contributed by atoms with Crippen LogP contribution in [0.1, 0.15) is 15.9 Å². The van der Waals surface area contributed by atoms with E-state index in [2.05, 4.69) is 5.32 Å². The zero-order valence-corrected chi connectivity index (χ0v) is 13.7. The molecule has 0 radical (unpaired) electrons. The molecule has 0 atom stereocenters. The molecule has 6 heteroatoms. The Balaban J connectivity index is 2.23. The van der Waals surface area contributed by atoms with Gasteiger partial charge in [0, 0.05) is 34.0 Å². The highest BCUT2D eigenvalue weighted by Crippen LogP contribution is 2.24. The largest absolute Gasteiger partial charge is 0.496 e. The van der Waals surface area contributed by atoms with E-state index in [-0.39, 0.29) is 5.91 Å². The molecule has 2 rings (SSSR count). The third-order valence-electron chi connectivity index (χ3n) is 2.96. The first-order valence-electron chi connectivity index (χ1n) is 6.47. The summed E-state index contributed by atoms with van der Waals surface area (Å²) in [6, 6.07) is 10.00. The van der Waals surface area contributed by atoms with Gasteiger partial charge in [-0.3, -0.25) is 4.79 Å². The molecule has 0 bridgehead atoms. The van der Waals surface area contributed by atoms with Crippen molar-refractivity contribution in [2.45, 2.75) is 6.61 Å². The number of nitrogens with one attached hydrogen (secondary N) is 1. The van der Waals surface area contributed by atoms with Gasteiger partial charge >= 0.3 is 0 Å². The number of ether oxygens (including phenoxy) is 2. The number of amides is 1. The minimum Gasteiger partial charge on any atom is -0.496 e. The first kappa shape index (κ1) is 16.6. The van der Waals surface area contributed by atoms with Crippen LogP contribution >= 0.6 is 23.2 Å². The van der Waals surface area contributed by atoms with E-state index in [4.69, 9.17) is 32.7 Å². The van der Waals surface area contributed by atoms with Gasteiger partial charge in [-0.15, -0.1) is 0 Å². The van der Waals surface area contributed by atoms with Crippen molar-refractivity contribution in [1.29, 1.82) is 0 Å². The molecule has 0 fully saturated rings. The summed E-state index contributed by atoms with van der Waals surface area (Å²) in [7, 11) is 3.16. The smallest absolute Gasteiger partial charge is 0.255 e. The topological polar surface area (TPSA) is 47.6 Å². The lowest BCUT2D eigenvalue weighted by Gasteiger charge is -2.11. The molecule has 0 aromatic heterocycles. The summed E-state index contributed by atoms with van der Waals surface area (Å²) in [6.07, 6.45) is 0. The fourth-order valence-electron chi connectivity index (χ4n) is 2.02. The molecule has 2 aromatic rings. The van der Waals surface area contributed by atoms with Gasteiger partial charge in [0.05, 0.1) is 13.7 Å². The fraction of sp³-hybridized carbons (Fsp3) is 0.188. The van der Waals surface area contributed by atoms with Crippen molar-refractivity contribution in [2.24, 2.45) is 0 Å². The van der Waals surface area contributed by atoms with E-state index in [1.807, 2.05) is 0 Å². The predicted molar refractivity (Wildman–Crippen MR) is 88.1 cm³/mol. The van der Waals surface area contributed by atoms with Crippen molar-refractivity contribution in [3.63, 3.8) is 0 Å². The molecule has 2 aromatic carbocycles. The van der Waals surface area contributed by atoms with Crippen molar-refractivity contribution < 1.29 is 14.3 Å². The number of hydrogen-bond acceptors (Lipinski definition) is 3. The highest BCUT2D eigenvalue weighted by molar-refractivity contribution is 6.35. The first-order chi connectivity index (χ1) is 10.5. The highest BCUT2D eigenvalue weighted by Gasteiger charge is 2.11. The second kappa shape index (κ2) is 7.49. The van der Waals surface area contributed by atoms with Gasteiger partial charge in [-0.2, -0.15) is 0 Å². The van der Waals surface area contributed by atoms with Gasteiger partial charge in [0.25, 0.3) is 5.91 Å². The van der Waals surface area contributed by atoms with E-state index < -0.39 is 0 Å². The van der Waals surface area contributed by atoms with Gasteiger partial charge in [-0.1, -0.05) is 23.2 Å². The number of rotatable bonds is 5. The van der Waals surface area contributed by atoms with E-state index in [9.17, 15) is 4.79 Å². The molecule has 0 saturated heterocycles. The van der Waals surface area contributed by atoms with Gasteiger partial charge in [0.2, 0.25) is 0 Å². The van der Waals surface area contributed by atoms with E-state index in [1.165, 1.54) is 0 Å². The van der Waals surface area contributed by atoms with Crippen LogP contribution in [-0.2, 0) is 11.3 Å². The molecule has 1 amide bonds. The van der Waals surface area contributed by atoms with Gasteiger partial charge in [-0.05, 0) is 36.4 Å². The molecule has 0 heterocycles. The number of carbonyl (C=O) groups excluding carboxylic acids is 1. The van der Waals surface area contributed by atoms with E-state index in [1.54, 1.807) is 50.6 Å². The molecule has 0 saturated carbocycles. The zero-order chi connectivity index (χ0) is 16.1. The molecular formula is C16H15Cl2NO3. The normalized spacial score (nSPS) is 10.4. The number of methoxy groups -OCH3 is 2. The molecule has 0 unspecified atom stereocenters. The van der Waals surface area contributed by atoms with Crippen LogP contribution in [0.5, 0.6) is 5.75 Å². The van der Waals surface area contributed by atoms with Crippen LogP contribution < -0.4 is 10.1 Å². The summed E-state index contributed by atoms with van der Waals surface area (Å²) in [5.41, 5.74) is 1.82. The Morgan fingerprint density at radius 3 is 2.36 bits per heavy atom. The summed E-state index contributed by atoms with van der Waals surface area (Å²) in [4.78, 5) is 12.3. The van der Waals surface area contributed by atoms with Crippen LogP contribution in [0, 0.1) is 0 Å². The van der Waals surface area contributed by atoms with Crippen molar-refractivity contribution in [1.82, 2.24) is 0 Å². The average molecular weight is 340 g/mol. The molecule has 1 N–H and O–H groups in total. The van der Waals surface area contributed by atoms with Crippen molar-refractivity contribution in [3.05, 3.63) is 57.6 Å². The Hall–Kier alpha value is -1.75. The summed E-state index contributed by atoms with van der Waals surface area (Å²) >= 11 is 11.8. The second-order valence-electron chi connectivity index (χ2n) is 4.57. The van der Waals surface area contributed by atoms with Crippen LogP contribution in [0.15, 0.2) is 36.4 Å². The van der Waals surface area contributed by atoms with Crippen molar-refractivity contribution in [3.8, 4) is 5.75 Å². The van der Waals surface area contributed by atoms with Gasteiger partial charge < -0.3 is 14.8 Å². The molecule has 4 nitrogen and oxygen atoms in total. The molecule has 22 heavy (non-hydrogen) atoms. The SMILES string of the molecule is COCc1cc(C(=O)Nc2cc(Cl)cc(Cl)c2)ccc1OC. The second-order valence-corrected chi connectivity index (χ2v) is 5.44. The number of hydrogen-bond donors (Lipinski definition) is 1. The molecule has 0 spiro atoms. The lowest BCUT2D eigenvalue weighted by Crippen LogP contribution is -2.12. The quantitative estimate of drug-likeness (QED) is 0.878. The number of benzene rings is 2.